The molecule has 146 valence electrons. The van der Waals surface area contributed by atoms with Crippen LogP contribution in [0.4, 0.5) is 4.39 Å². The van der Waals surface area contributed by atoms with Crippen molar-refractivity contribution in [3.8, 4) is 0 Å². The standard InChI is InChI=1S/C22H37FN2P/c1-9-16(10-2)21(3,4)17-11-12-19(23)18(15-17)20(24-5)22(13-14-22)26(7,8)25-6/h9,11-12,15,20,24-25H,10,13-14H2,1-8H3/q+1/b16-9-. The molecule has 4 heteroatoms. The third-order valence-corrected chi connectivity index (χ3v) is 10.9. The normalized spacial score (nSPS) is 18.7. The summed E-state index contributed by atoms with van der Waals surface area (Å²) in [5, 5.41) is 7.19. The van der Waals surface area contributed by atoms with E-state index < -0.39 is 7.41 Å². The zero-order chi connectivity index (χ0) is 19.8. The van der Waals surface area contributed by atoms with Crippen LogP contribution in [0.3, 0.4) is 0 Å². The Morgan fingerprint density at radius 1 is 1.31 bits per heavy atom. The number of hydrogen-bond donors (Lipinski definition) is 2. The first kappa shape index (κ1) is 21.5. The highest BCUT2D eigenvalue weighted by Crippen LogP contribution is 2.75. The third kappa shape index (κ3) is 3.51. The molecule has 0 aromatic heterocycles. The number of hydrogen-bond acceptors (Lipinski definition) is 2. The quantitative estimate of drug-likeness (QED) is 0.449. The van der Waals surface area contributed by atoms with Gasteiger partial charge < -0.3 is 5.32 Å². The average Bonchev–Trinajstić information content (AvgIpc) is 3.40. The molecule has 1 aromatic carbocycles. The van der Waals surface area contributed by atoms with E-state index in [1.807, 2.05) is 13.1 Å². The van der Waals surface area contributed by atoms with Crippen molar-refractivity contribution in [2.24, 2.45) is 0 Å². The van der Waals surface area contributed by atoms with E-state index in [9.17, 15) is 4.39 Å². The molecule has 1 fully saturated rings. The molecule has 1 aliphatic rings. The van der Waals surface area contributed by atoms with Gasteiger partial charge in [0.05, 0.1) is 26.8 Å². The first-order valence-corrected chi connectivity index (χ1v) is 12.5. The predicted molar refractivity (Wildman–Crippen MR) is 115 cm³/mol. The summed E-state index contributed by atoms with van der Waals surface area (Å²) in [4.78, 5) is 0. The van der Waals surface area contributed by atoms with Gasteiger partial charge in [-0.15, -0.1) is 0 Å². The molecule has 1 saturated carbocycles. The highest BCUT2D eigenvalue weighted by atomic mass is 31.2. The van der Waals surface area contributed by atoms with Crippen molar-refractivity contribution in [2.45, 2.75) is 63.6 Å². The fraction of sp³-hybridized carbons (Fsp3) is 0.636. The first-order valence-electron chi connectivity index (χ1n) is 9.77. The Labute approximate surface area is 160 Å². The summed E-state index contributed by atoms with van der Waals surface area (Å²) in [5.74, 6) is -0.0928. The van der Waals surface area contributed by atoms with E-state index in [0.29, 0.717) is 0 Å². The molecule has 2 rings (SSSR count). The van der Waals surface area contributed by atoms with Gasteiger partial charge in [0.2, 0.25) is 0 Å². The van der Waals surface area contributed by atoms with E-state index in [0.717, 1.165) is 24.8 Å². The molecule has 0 saturated heterocycles. The molecule has 0 heterocycles. The minimum Gasteiger partial charge on any atom is -0.309 e. The summed E-state index contributed by atoms with van der Waals surface area (Å²) in [7, 11) is 2.67. The van der Waals surface area contributed by atoms with E-state index in [2.05, 4.69) is 70.6 Å². The van der Waals surface area contributed by atoms with Crippen molar-refractivity contribution >= 4 is 7.41 Å². The fourth-order valence-electron chi connectivity index (χ4n) is 4.58. The first-order chi connectivity index (χ1) is 12.1. The second-order valence-corrected chi connectivity index (χ2v) is 12.8. The molecule has 0 aliphatic heterocycles. The van der Waals surface area contributed by atoms with Crippen molar-refractivity contribution in [3.05, 3.63) is 46.8 Å². The Kier molecular flexibility index (Phi) is 6.38. The average molecular weight is 380 g/mol. The largest absolute Gasteiger partial charge is 0.309 e. The molecular weight excluding hydrogens is 342 g/mol. The molecule has 26 heavy (non-hydrogen) atoms. The minimum atomic E-state index is -1.35. The van der Waals surface area contributed by atoms with Crippen LogP contribution in [-0.4, -0.2) is 32.6 Å². The highest BCUT2D eigenvalue weighted by Gasteiger charge is 2.65. The van der Waals surface area contributed by atoms with Gasteiger partial charge in [-0.3, -0.25) is 0 Å². The van der Waals surface area contributed by atoms with Crippen molar-refractivity contribution in [3.63, 3.8) is 0 Å². The number of benzene rings is 1. The summed E-state index contributed by atoms with van der Waals surface area (Å²) in [6.45, 7) is 13.5. The summed E-state index contributed by atoms with van der Waals surface area (Å²) in [6.07, 6.45) is 5.52. The van der Waals surface area contributed by atoms with Gasteiger partial charge in [-0.05, 0) is 44.9 Å². The number of allylic oxidation sites excluding steroid dienone is 2. The van der Waals surface area contributed by atoms with Gasteiger partial charge in [-0.2, -0.15) is 5.09 Å². The zero-order valence-electron chi connectivity index (χ0n) is 17.8. The van der Waals surface area contributed by atoms with Crippen LogP contribution in [-0.2, 0) is 5.41 Å². The molecule has 0 bridgehead atoms. The van der Waals surface area contributed by atoms with Crippen molar-refractivity contribution in [1.82, 2.24) is 10.4 Å². The summed E-state index contributed by atoms with van der Waals surface area (Å²) >= 11 is 0. The monoisotopic (exact) mass is 379 g/mol. The molecule has 0 amide bonds. The van der Waals surface area contributed by atoms with Crippen LogP contribution >= 0.6 is 7.41 Å². The molecule has 1 aliphatic carbocycles. The van der Waals surface area contributed by atoms with E-state index in [-0.39, 0.29) is 22.4 Å². The summed E-state index contributed by atoms with van der Waals surface area (Å²) < 4.78 is 14.9. The molecular formula is C22H37FN2P+. The Balaban J connectivity index is 2.53. The number of rotatable bonds is 8. The fourth-order valence-corrected chi connectivity index (χ4v) is 7.17. The lowest BCUT2D eigenvalue weighted by molar-refractivity contribution is 0.501. The molecule has 0 radical (unpaired) electrons. The van der Waals surface area contributed by atoms with Gasteiger partial charge in [0, 0.05) is 18.0 Å². The van der Waals surface area contributed by atoms with Crippen molar-refractivity contribution in [1.29, 1.82) is 0 Å². The maximum atomic E-state index is 14.9. The van der Waals surface area contributed by atoms with Gasteiger partial charge in [0.25, 0.3) is 0 Å². The molecule has 1 aromatic rings. The smallest absolute Gasteiger partial charge is 0.128 e. The van der Waals surface area contributed by atoms with Gasteiger partial charge in [0.15, 0.2) is 0 Å². The predicted octanol–water partition coefficient (Wildman–Crippen LogP) is 5.66. The second-order valence-electron chi connectivity index (χ2n) is 8.53. The van der Waals surface area contributed by atoms with Gasteiger partial charge in [0.1, 0.15) is 11.0 Å². The lowest BCUT2D eigenvalue weighted by atomic mass is 9.75. The van der Waals surface area contributed by atoms with E-state index in [4.69, 9.17) is 0 Å². The molecule has 1 atom stereocenters. The molecule has 2 N–H and O–H groups in total. The van der Waals surface area contributed by atoms with E-state index in [1.54, 1.807) is 6.07 Å². The Bertz CT molecular complexity index is 675. The maximum absolute atomic E-state index is 14.9. The minimum absolute atomic E-state index is 0.0460. The summed E-state index contributed by atoms with van der Waals surface area (Å²) in [5.41, 5.74) is 3.32. The van der Waals surface area contributed by atoms with Crippen LogP contribution in [0.5, 0.6) is 0 Å². The third-order valence-electron chi connectivity index (χ3n) is 6.82. The van der Waals surface area contributed by atoms with Crippen LogP contribution in [0.1, 0.15) is 64.1 Å². The lowest BCUT2D eigenvalue weighted by Gasteiger charge is -2.35. The molecule has 0 spiro atoms. The molecule has 1 unspecified atom stereocenters. The second kappa shape index (κ2) is 7.70. The van der Waals surface area contributed by atoms with Gasteiger partial charge in [-0.25, -0.2) is 4.39 Å². The SMILES string of the molecule is C/C=C(/CC)C(C)(C)c1ccc(F)c(C(NC)C2([P+](C)(C)NC)CC2)c1. The summed E-state index contributed by atoms with van der Waals surface area (Å²) in [6, 6.07) is 5.79. The molecule has 2 nitrogen and oxygen atoms in total. The van der Waals surface area contributed by atoms with Crippen molar-refractivity contribution < 1.29 is 4.39 Å². The number of halogens is 1. The van der Waals surface area contributed by atoms with Crippen LogP contribution in [0.2, 0.25) is 0 Å². The Hall–Kier alpha value is -0.760. The van der Waals surface area contributed by atoms with Crippen LogP contribution in [0.25, 0.3) is 0 Å². The maximum Gasteiger partial charge on any atom is 0.128 e. The number of nitrogens with one attached hydrogen (secondary N) is 2. The Morgan fingerprint density at radius 2 is 1.92 bits per heavy atom. The van der Waals surface area contributed by atoms with E-state index >= 15 is 0 Å². The van der Waals surface area contributed by atoms with Crippen molar-refractivity contribution in [2.75, 3.05) is 27.4 Å². The zero-order valence-corrected chi connectivity index (χ0v) is 18.7. The van der Waals surface area contributed by atoms with Gasteiger partial charge >= 0.3 is 0 Å². The lowest BCUT2D eigenvalue weighted by Crippen LogP contribution is -2.37. The van der Waals surface area contributed by atoms with Crippen LogP contribution in [0.15, 0.2) is 29.8 Å². The topological polar surface area (TPSA) is 24.1 Å². The van der Waals surface area contributed by atoms with Crippen LogP contribution < -0.4 is 10.4 Å². The Morgan fingerprint density at radius 3 is 2.35 bits per heavy atom. The van der Waals surface area contributed by atoms with Crippen LogP contribution in [0, 0.1) is 5.82 Å². The van der Waals surface area contributed by atoms with Gasteiger partial charge in [-0.1, -0.05) is 44.6 Å². The highest BCUT2D eigenvalue weighted by molar-refractivity contribution is 7.74. The van der Waals surface area contributed by atoms with E-state index in [1.165, 1.54) is 11.1 Å².